The summed E-state index contributed by atoms with van der Waals surface area (Å²) in [6.07, 6.45) is 0.662. The maximum Gasteiger partial charge on any atom is 0.295 e. The Morgan fingerprint density at radius 1 is 0.946 bits per heavy atom. The number of ether oxygens (including phenoxy) is 4. The summed E-state index contributed by atoms with van der Waals surface area (Å²) in [7, 11) is 6.02. The van der Waals surface area contributed by atoms with Crippen molar-refractivity contribution in [2.45, 2.75) is 26.3 Å². The van der Waals surface area contributed by atoms with Crippen LogP contribution in [0.15, 0.2) is 42.0 Å². The standard InChI is InChI=1S/C28H36N2O7/c1-7-29(8-2)13-10-14-30-24(19-16-21(35-4)27(37-6)22(17-19)36-5)23(26(32)28(30)33)25(31)18-11-9-12-20(15-18)34-3/h9,11-12,15-17,24,31H,7-8,10,13-14H2,1-6H3/b25-23+/t24-/m1/s1. The third-order valence-electron chi connectivity index (χ3n) is 6.65. The number of benzene rings is 2. The second-order valence-corrected chi connectivity index (χ2v) is 8.56. The number of methoxy groups -OCH3 is 4. The summed E-state index contributed by atoms with van der Waals surface area (Å²) in [6.45, 7) is 7.05. The van der Waals surface area contributed by atoms with Crippen LogP contribution in [0.3, 0.4) is 0 Å². The normalized spacial score (nSPS) is 16.8. The van der Waals surface area contributed by atoms with Gasteiger partial charge in [-0.3, -0.25) is 9.59 Å². The van der Waals surface area contributed by atoms with Crippen molar-refractivity contribution in [1.29, 1.82) is 0 Å². The largest absolute Gasteiger partial charge is 0.507 e. The predicted octanol–water partition coefficient (Wildman–Crippen LogP) is 3.87. The minimum Gasteiger partial charge on any atom is -0.507 e. The highest BCUT2D eigenvalue weighted by molar-refractivity contribution is 6.46. The number of hydrogen-bond donors (Lipinski definition) is 1. The van der Waals surface area contributed by atoms with Crippen LogP contribution in [0.2, 0.25) is 0 Å². The molecule has 0 spiro atoms. The molecule has 9 nitrogen and oxygen atoms in total. The minimum atomic E-state index is -0.850. The van der Waals surface area contributed by atoms with Crippen molar-refractivity contribution < 1.29 is 33.6 Å². The van der Waals surface area contributed by atoms with E-state index in [1.165, 1.54) is 33.3 Å². The second kappa shape index (κ2) is 12.5. The Morgan fingerprint density at radius 3 is 2.14 bits per heavy atom. The number of carbonyl (C=O) groups excluding carboxylic acids is 2. The van der Waals surface area contributed by atoms with E-state index in [0.717, 1.165) is 19.6 Å². The number of nitrogens with zero attached hydrogens (tertiary/aromatic N) is 2. The van der Waals surface area contributed by atoms with Crippen molar-refractivity contribution >= 4 is 17.4 Å². The van der Waals surface area contributed by atoms with Gasteiger partial charge >= 0.3 is 0 Å². The van der Waals surface area contributed by atoms with Crippen molar-refractivity contribution in [3.8, 4) is 23.0 Å². The zero-order chi connectivity index (χ0) is 27.1. The smallest absolute Gasteiger partial charge is 0.295 e. The SMILES string of the molecule is CCN(CC)CCCN1C(=O)C(=O)/C(=C(/O)c2cccc(OC)c2)[C@H]1c1cc(OC)c(OC)c(OC)c1. The van der Waals surface area contributed by atoms with E-state index in [-0.39, 0.29) is 11.3 Å². The summed E-state index contributed by atoms with van der Waals surface area (Å²) < 4.78 is 21.8. The molecule has 1 fully saturated rings. The zero-order valence-electron chi connectivity index (χ0n) is 22.4. The Kier molecular flexibility index (Phi) is 9.41. The van der Waals surface area contributed by atoms with Crippen molar-refractivity contribution in [2.24, 2.45) is 0 Å². The van der Waals surface area contributed by atoms with Gasteiger partial charge in [0.25, 0.3) is 11.7 Å². The molecular weight excluding hydrogens is 476 g/mol. The molecule has 200 valence electrons. The Bertz CT molecular complexity index is 1130. The van der Waals surface area contributed by atoms with Crippen LogP contribution in [0.25, 0.3) is 5.76 Å². The number of amides is 1. The number of aliphatic hydroxyl groups excluding tert-OH is 1. The van der Waals surface area contributed by atoms with Crippen LogP contribution in [-0.4, -0.2) is 81.2 Å². The predicted molar refractivity (Wildman–Crippen MR) is 141 cm³/mol. The fraction of sp³-hybridized carbons (Fsp3) is 0.429. The molecule has 1 amide bonds. The molecule has 1 atom stereocenters. The molecule has 37 heavy (non-hydrogen) atoms. The number of Topliss-reactive ketones (excluding diaryl/α,β-unsaturated/α-hetero) is 1. The van der Waals surface area contributed by atoms with Crippen molar-refractivity contribution in [3.05, 3.63) is 53.1 Å². The Labute approximate surface area is 218 Å². The molecule has 9 heteroatoms. The lowest BCUT2D eigenvalue weighted by molar-refractivity contribution is -0.140. The van der Waals surface area contributed by atoms with Gasteiger partial charge in [0.2, 0.25) is 5.75 Å². The minimum absolute atomic E-state index is 0.00429. The lowest BCUT2D eigenvalue weighted by Gasteiger charge is -2.27. The van der Waals surface area contributed by atoms with E-state index in [1.807, 2.05) is 0 Å². The van der Waals surface area contributed by atoms with Crippen molar-refractivity contribution in [2.75, 3.05) is 54.6 Å². The fourth-order valence-corrected chi connectivity index (χ4v) is 4.65. The summed E-state index contributed by atoms with van der Waals surface area (Å²) in [6, 6.07) is 9.29. The van der Waals surface area contributed by atoms with Gasteiger partial charge in [0.1, 0.15) is 11.5 Å². The maximum atomic E-state index is 13.4. The topological polar surface area (TPSA) is 97.8 Å². The molecular formula is C28H36N2O7. The first kappa shape index (κ1) is 27.9. The molecule has 0 aromatic heterocycles. The van der Waals surface area contributed by atoms with E-state index in [1.54, 1.807) is 36.4 Å². The molecule has 1 aliphatic heterocycles. The molecule has 1 saturated heterocycles. The molecule has 2 aromatic carbocycles. The van der Waals surface area contributed by atoms with E-state index >= 15 is 0 Å². The summed E-state index contributed by atoms with van der Waals surface area (Å²) in [5.74, 6) is -0.0207. The number of aliphatic hydroxyl groups is 1. The molecule has 0 saturated carbocycles. The molecule has 0 bridgehead atoms. The van der Waals surface area contributed by atoms with Gasteiger partial charge in [0.05, 0.1) is 40.1 Å². The quantitative estimate of drug-likeness (QED) is 0.260. The first-order valence-corrected chi connectivity index (χ1v) is 12.3. The lowest BCUT2D eigenvalue weighted by atomic mass is 9.94. The van der Waals surface area contributed by atoms with E-state index < -0.39 is 17.7 Å². The third kappa shape index (κ3) is 5.67. The van der Waals surface area contributed by atoms with Gasteiger partial charge < -0.3 is 33.9 Å². The summed E-state index contributed by atoms with van der Waals surface area (Å²) in [5, 5.41) is 11.4. The zero-order valence-corrected chi connectivity index (χ0v) is 22.4. The molecule has 1 heterocycles. The Hall–Kier alpha value is -3.72. The van der Waals surface area contributed by atoms with Crippen LogP contribution in [0.1, 0.15) is 37.4 Å². The Balaban J connectivity index is 2.18. The monoisotopic (exact) mass is 512 g/mol. The van der Waals surface area contributed by atoms with E-state index in [2.05, 4.69) is 18.7 Å². The van der Waals surface area contributed by atoms with Crippen LogP contribution < -0.4 is 18.9 Å². The lowest BCUT2D eigenvalue weighted by Crippen LogP contribution is -2.33. The van der Waals surface area contributed by atoms with E-state index in [4.69, 9.17) is 18.9 Å². The van der Waals surface area contributed by atoms with Crippen LogP contribution in [-0.2, 0) is 9.59 Å². The van der Waals surface area contributed by atoms with E-state index in [0.29, 0.717) is 47.1 Å². The molecule has 3 rings (SSSR count). The van der Waals surface area contributed by atoms with Gasteiger partial charge in [0, 0.05) is 12.1 Å². The molecule has 0 radical (unpaired) electrons. The highest BCUT2D eigenvalue weighted by atomic mass is 16.5. The molecule has 0 unspecified atom stereocenters. The van der Waals surface area contributed by atoms with Crippen molar-refractivity contribution in [1.82, 2.24) is 9.80 Å². The van der Waals surface area contributed by atoms with E-state index in [9.17, 15) is 14.7 Å². The van der Waals surface area contributed by atoms with Crippen LogP contribution in [0.5, 0.6) is 23.0 Å². The van der Waals surface area contributed by atoms with Gasteiger partial charge in [-0.05, 0) is 55.9 Å². The summed E-state index contributed by atoms with van der Waals surface area (Å²) >= 11 is 0. The number of ketones is 1. The summed E-state index contributed by atoms with van der Waals surface area (Å²) in [4.78, 5) is 30.4. The fourth-order valence-electron chi connectivity index (χ4n) is 4.65. The van der Waals surface area contributed by atoms with Gasteiger partial charge in [-0.1, -0.05) is 26.0 Å². The molecule has 0 aliphatic carbocycles. The average Bonchev–Trinajstić information content (AvgIpc) is 3.18. The van der Waals surface area contributed by atoms with Gasteiger partial charge in [-0.25, -0.2) is 0 Å². The van der Waals surface area contributed by atoms with Gasteiger partial charge in [0.15, 0.2) is 11.5 Å². The summed E-state index contributed by atoms with van der Waals surface area (Å²) in [5.41, 5.74) is 0.925. The first-order chi connectivity index (χ1) is 17.8. The van der Waals surface area contributed by atoms with Gasteiger partial charge in [-0.2, -0.15) is 0 Å². The van der Waals surface area contributed by atoms with Crippen LogP contribution >= 0.6 is 0 Å². The highest BCUT2D eigenvalue weighted by Crippen LogP contribution is 2.45. The number of likely N-dealkylation sites (tertiary alicyclic amines) is 1. The first-order valence-electron chi connectivity index (χ1n) is 12.3. The van der Waals surface area contributed by atoms with Crippen LogP contribution in [0, 0.1) is 0 Å². The average molecular weight is 513 g/mol. The number of carbonyl (C=O) groups is 2. The maximum absolute atomic E-state index is 13.4. The Morgan fingerprint density at radius 2 is 1.59 bits per heavy atom. The van der Waals surface area contributed by atoms with Gasteiger partial charge in [-0.15, -0.1) is 0 Å². The molecule has 1 aliphatic rings. The molecule has 1 N–H and O–H groups in total. The molecule has 2 aromatic rings. The highest BCUT2D eigenvalue weighted by Gasteiger charge is 2.46. The number of rotatable bonds is 12. The second-order valence-electron chi connectivity index (χ2n) is 8.56. The van der Waals surface area contributed by atoms with Crippen molar-refractivity contribution in [3.63, 3.8) is 0 Å². The number of hydrogen-bond acceptors (Lipinski definition) is 8. The third-order valence-corrected chi connectivity index (χ3v) is 6.65. The van der Waals surface area contributed by atoms with Crippen LogP contribution in [0.4, 0.5) is 0 Å².